The van der Waals surface area contributed by atoms with Crippen LogP contribution in [-0.4, -0.2) is 40.1 Å². The first-order valence-electron chi connectivity index (χ1n) is 16.3. The number of Topliss-reactive ketones (excluding diaryl/α,β-unsaturated/α-hetero) is 1. The largest absolute Gasteiger partial charge is 0.573 e. The number of benzene rings is 4. The van der Waals surface area contributed by atoms with Gasteiger partial charge in [-0.05, 0) is 60.2 Å². The minimum absolute atomic E-state index is 0.102. The maximum atomic E-state index is 14.4. The van der Waals surface area contributed by atoms with Crippen molar-refractivity contribution in [3.63, 3.8) is 0 Å². The molecule has 1 aliphatic carbocycles. The van der Waals surface area contributed by atoms with Gasteiger partial charge >= 0.3 is 6.36 Å². The van der Waals surface area contributed by atoms with Crippen molar-refractivity contribution >= 4 is 5.78 Å². The fourth-order valence-electron chi connectivity index (χ4n) is 6.84. The molecule has 0 saturated heterocycles. The summed E-state index contributed by atoms with van der Waals surface area (Å²) in [5.41, 5.74) is 1.41. The first-order chi connectivity index (χ1) is 23.7. The fourth-order valence-corrected chi connectivity index (χ4v) is 6.84. The summed E-state index contributed by atoms with van der Waals surface area (Å²) in [4.78, 5) is 18.5. The summed E-state index contributed by atoms with van der Waals surface area (Å²) in [6.45, 7) is 2.89. The SMILES string of the molecule is C[C@@]1(CCOC(c2ccccc2)(c2ccccc2)c2ccccc2)CC[C@@H](COc2ccc(OC(F)(F)F)cc2)[C@H](Cn2cncn2)C1=O. The van der Waals surface area contributed by atoms with Crippen molar-refractivity contribution in [1.29, 1.82) is 0 Å². The van der Waals surface area contributed by atoms with E-state index in [9.17, 15) is 18.0 Å². The third kappa shape index (κ3) is 7.86. The Bertz CT molecular complexity index is 1670. The first-order valence-corrected chi connectivity index (χ1v) is 16.3. The number of hydrogen-bond acceptors (Lipinski definition) is 6. The molecule has 0 aliphatic heterocycles. The predicted molar refractivity (Wildman–Crippen MR) is 178 cm³/mol. The van der Waals surface area contributed by atoms with E-state index in [1.54, 1.807) is 11.0 Å². The molecule has 1 heterocycles. The third-order valence-electron chi connectivity index (χ3n) is 9.45. The molecule has 49 heavy (non-hydrogen) atoms. The summed E-state index contributed by atoms with van der Waals surface area (Å²) < 4.78 is 56.5. The fraction of sp³-hybridized carbons (Fsp3) is 0.308. The van der Waals surface area contributed by atoms with E-state index in [1.807, 2.05) is 61.5 Å². The van der Waals surface area contributed by atoms with Crippen LogP contribution >= 0.6 is 0 Å². The molecule has 10 heteroatoms. The highest BCUT2D eigenvalue weighted by Crippen LogP contribution is 2.45. The van der Waals surface area contributed by atoms with Crippen LogP contribution in [0.1, 0.15) is 42.9 Å². The average molecular weight is 670 g/mol. The summed E-state index contributed by atoms with van der Waals surface area (Å²) in [7, 11) is 0. The summed E-state index contributed by atoms with van der Waals surface area (Å²) >= 11 is 0. The Morgan fingerprint density at radius 1 is 0.816 bits per heavy atom. The van der Waals surface area contributed by atoms with Gasteiger partial charge < -0.3 is 14.2 Å². The van der Waals surface area contributed by atoms with Crippen LogP contribution in [-0.2, 0) is 21.7 Å². The molecule has 0 N–H and O–H groups in total. The Kier molecular flexibility index (Phi) is 10.1. The number of halogens is 3. The highest BCUT2D eigenvalue weighted by molar-refractivity contribution is 5.87. The van der Waals surface area contributed by atoms with Crippen LogP contribution in [0.5, 0.6) is 11.5 Å². The molecule has 6 rings (SSSR count). The van der Waals surface area contributed by atoms with Crippen molar-refractivity contribution in [1.82, 2.24) is 14.8 Å². The minimum Gasteiger partial charge on any atom is -0.493 e. The van der Waals surface area contributed by atoms with E-state index < -0.39 is 23.3 Å². The van der Waals surface area contributed by atoms with Crippen molar-refractivity contribution in [3.8, 4) is 11.5 Å². The number of hydrogen-bond donors (Lipinski definition) is 0. The normalized spacial score (nSPS) is 19.8. The van der Waals surface area contributed by atoms with Crippen LogP contribution in [0.15, 0.2) is 128 Å². The van der Waals surface area contributed by atoms with E-state index in [0.29, 0.717) is 38.2 Å². The molecule has 7 nitrogen and oxygen atoms in total. The van der Waals surface area contributed by atoms with Crippen LogP contribution in [0.2, 0.25) is 0 Å². The Morgan fingerprint density at radius 3 is 1.88 bits per heavy atom. The second-order valence-electron chi connectivity index (χ2n) is 12.7. The van der Waals surface area contributed by atoms with Crippen LogP contribution in [0.4, 0.5) is 13.2 Å². The number of carbonyl (C=O) groups is 1. The smallest absolute Gasteiger partial charge is 0.493 e. The Hall–Kier alpha value is -4.96. The second-order valence-corrected chi connectivity index (χ2v) is 12.7. The zero-order valence-electron chi connectivity index (χ0n) is 27.1. The molecule has 1 aliphatic rings. The molecular formula is C39H38F3N3O4. The number of ether oxygens (including phenoxy) is 3. The quantitative estimate of drug-likeness (QED) is 0.118. The lowest BCUT2D eigenvalue weighted by molar-refractivity contribution is -0.274. The topological polar surface area (TPSA) is 75.5 Å². The van der Waals surface area contributed by atoms with E-state index in [2.05, 4.69) is 51.2 Å². The second kappa shape index (κ2) is 14.7. The maximum absolute atomic E-state index is 14.4. The van der Waals surface area contributed by atoms with Crippen LogP contribution in [0.3, 0.4) is 0 Å². The minimum atomic E-state index is -4.77. The molecule has 254 valence electrons. The molecule has 5 aromatic rings. The van der Waals surface area contributed by atoms with Crippen LogP contribution in [0, 0.1) is 17.3 Å². The van der Waals surface area contributed by atoms with Crippen molar-refractivity contribution in [2.45, 2.75) is 44.7 Å². The van der Waals surface area contributed by atoms with Gasteiger partial charge in [0.1, 0.15) is 35.5 Å². The predicted octanol–water partition coefficient (Wildman–Crippen LogP) is 8.26. The van der Waals surface area contributed by atoms with E-state index in [1.165, 1.54) is 30.6 Å². The number of nitrogens with zero attached hydrogens (tertiary/aromatic N) is 3. The number of ketones is 1. The molecule has 0 spiro atoms. The monoisotopic (exact) mass is 669 g/mol. The van der Waals surface area contributed by atoms with Gasteiger partial charge in [-0.2, -0.15) is 5.10 Å². The zero-order chi connectivity index (χ0) is 34.3. The highest BCUT2D eigenvalue weighted by Gasteiger charge is 2.47. The molecule has 1 fully saturated rings. The summed E-state index contributed by atoms with van der Waals surface area (Å²) in [5.74, 6) is -0.401. The van der Waals surface area contributed by atoms with Crippen LogP contribution in [0.25, 0.3) is 0 Å². The highest BCUT2D eigenvalue weighted by atomic mass is 19.4. The van der Waals surface area contributed by atoms with Crippen molar-refractivity contribution in [2.75, 3.05) is 13.2 Å². The van der Waals surface area contributed by atoms with Crippen molar-refractivity contribution in [2.24, 2.45) is 17.3 Å². The number of rotatable bonds is 13. The van der Waals surface area contributed by atoms with Gasteiger partial charge in [0.25, 0.3) is 0 Å². The number of aromatic nitrogens is 3. The lowest BCUT2D eigenvalue weighted by Gasteiger charge is -2.42. The van der Waals surface area contributed by atoms with E-state index in [4.69, 9.17) is 9.47 Å². The van der Waals surface area contributed by atoms with Gasteiger partial charge in [-0.3, -0.25) is 9.48 Å². The first kappa shape index (κ1) is 33.9. The number of alkyl halides is 3. The molecule has 0 radical (unpaired) electrons. The molecule has 1 aromatic heterocycles. The maximum Gasteiger partial charge on any atom is 0.573 e. The number of carbonyl (C=O) groups excluding carboxylic acids is 1. The van der Waals surface area contributed by atoms with Gasteiger partial charge in [-0.25, -0.2) is 4.98 Å². The molecule has 3 atom stereocenters. The van der Waals surface area contributed by atoms with Crippen LogP contribution < -0.4 is 9.47 Å². The Labute approximate surface area is 283 Å². The molecule has 0 amide bonds. The Balaban J connectivity index is 1.21. The van der Waals surface area contributed by atoms with Gasteiger partial charge in [0, 0.05) is 23.9 Å². The standard InChI is InChI=1S/C39H38F3N3O4/c1-37(23-24-48-38(30-11-5-2-6-12-30,31-13-7-3-8-14-31)32-15-9-4-10-16-32)22-21-29(35(36(37)46)25-45-28-43-27-44-45)26-47-33-17-19-34(20-18-33)49-39(40,41)42/h2-20,27-29,35H,21-26H2,1H3/t29-,35-,37-/m0/s1. The summed E-state index contributed by atoms with van der Waals surface area (Å²) in [5, 5.41) is 4.26. The van der Waals surface area contributed by atoms with E-state index in [0.717, 1.165) is 16.7 Å². The molecule has 1 saturated carbocycles. The molecule has 0 bridgehead atoms. The zero-order valence-corrected chi connectivity index (χ0v) is 27.1. The van der Waals surface area contributed by atoms with Crippen molar-refractivity contribution < 1.29 is 32.2 Å². The van der Waals surface area contributed by atoms with Gasteiger partial charge in [0.2, 0.25) is 0 Å². The molecule has 0 unspecified atom stereocenters. The summed E-state index contributed by atoms with van der Waals surface area (Å²) in [6.07, 6.45) is 0.0915. The lowest BCUT2D eigenvalue weighted by Crippen LogP contribution is -2.46. The lowest BCUT2D eigenvalue weighted by atomic mass is 9.64. The van der Waals surface area contributed by atoms with Gasteiger partial charge in [0.15, 0.2) is 0 Å². The van der Waals surface area contributed by atoms with Gasteiger partial charge in [0.05, 0.1) is 13.2 Å². The van der Waals surface area contributed by atoms with E-state index >= 15 is 0 Å². The average Bonchev–Trinajstić information content (AvgIpc) is 3.63. The molecular weight excluding hydrogens is 631 g/mol. The van der Waals surface area contributed by atoms with E-state index in [-0.39, 0.29) is 24.1 Å². The third-order valence-corrected chi connectivity index (χ3v) is 9.45. The van der Waals surface area contributed by atoms with Crippen molar-refractivity contribution in [3.05, 3.63) is 145 Å². The Morgan fingerprint density at radius 2 is 1.37 bits per heavy atom. The summed E-state index contributed by atoms with van der Waals surface area (Å²) in [6, 6.07) is 35.7. The molecule has 4 aromatic carbocycles. The van der Waals surface area contributed by atoms with Gasteiger partial charge in [-0.15, -0.1) is 13.2 Å². The van der Waals surface area contributed by atoms with Gasteiger partial charge in [-0.1, -0.05) is 97.9 Å².